The van der Waals surface area contributed by atoms with Gasteiger partial charge in [0, 0.05) is 13.0 Å². The smallest absolute Gasteiger partial charge is 0.231 e. The van der Waals surface area contributed by atoms with Gasteiger partial charge in [-0.25, -0.2) is 0 Å². The summed E-state index contributed by atoms with van der Waals surface area (Å²) < 4.78 is 10.9. The summed E-state index contributed by atoms with van der Waals surface area (Å²) in [6.07, 6.45) is 19.0. The third-order valence-electron chi connectivity index (χ3n) is 7.63. The molecule has 0 aromatic heterocycles. The molecule has 6 nitrogen and oxygen atoms in total. The van der Waals surface area contributed by atoms with Gasteiger partial charge in [-0.3, -0.25) is 4.79 Å². The van der Waals surface area contributed by atoms with Gasteiger partial charge in [0.1, 0.15) is 6.10 Å². The van der Waals surface area contributed by atoms with E-state index in [0.717, 1.165) is 31.5 Å². The number of unbranched alkanes of at least 4 members (excludes halogenated alkanes) is 12. The van der Waals surface area contributed by atoms with Crippen molar-refractivity contribution >= 4 is 5.91 Å². The Morgan fingerprint density at radius 2 is 1.47 bits per heavy atom. The predicted octanol–water partition coefficient (Wildman–Crippen LogP) is 6.51. The van der Waals surface area contributed by atoms with E-state index < -0.39 is 6.10 Å². The number of carbonyl (C=O) groups is 1. The third kappa shape index (κ3) is 10.3. The molecule has 2 atom stereocenters. The Kier molecular flexibility index (Phi) is 13.5. The number of ether oxygens (including phenoxy) is 2. The molecule has 6 heteroatoms. The van der Waals surface area contributed by atoms with Crippen molar-refractivity contribution in [2.45, 2.75) is 122 Å². The summed E-state index contributed by atoms with van der Waals surface area (Å²) in [5.41, 5.74) is 0.754. The molecule has 2 heterocycles. The van der Waals surface area contributed by atoms with Crippen LogP contribution in [0, 0.1) is 0 Å². The number of nitrogens with zero attached hydrogens (tertiary/aromatic N) is 1. The van der Waals surface area contributed by atoms with Crippen LogP contribution in [-0.4, -0.2) is 48.4 Å². The average Bonchev–Trinajstić information content (AvgIpc) is 3.57. The molecule has 0 aliphatic carbocycles. The molecule has 2 aliphatic rings. The molecule has 3 rings (SSSR count). The van der Waals surface area contributed by atoms with Gasteiger partial charge in [-0.15, -0.1) is 0 Å². The van der Waals surface area contributed by atoms with Crippen LogP contribution >= 0.6 is 0 Å². The van der Waals surface area contributed by atoms with Crippen LogP contribution in [0.15, 0.2) is 18.2 Å². The van der Waals surface area contributed by atoms with Crippen LogP contribution in [-0.2, 0) is 4.79 Å². The van der Waals surface area contributed by atoms with Crippen molar-refractivity contribution in [3.63, 3.8) is 0 Å². The molecule has 2 N–H and O–H groups in total. The number of likely N-dealkylation sites (tertiary alicyclic amines) is 1. The van der Waals surface area contributed by atoms with Crippen molar-refractivity contribution in [2.24, 2.45) is 0 Å². The fourth-order valence-corrected chi connectivity index (χ4v) is 5.38. The highest BCUT2D eigenvalue weighted by atomic mass is 16.7. The lowest BCUT2D eigenvalue weighted by molar-refractivity contribution is -0.123. The zero-order valence-corrected chi connectivity index (χ0v) is 22.6. The molecule has 0 saturated carbocycles. The zero-order chi connectivity index (χ0) is 25.4. The molecule has 1 saturated heterocycles. The number of hydrogen-bond donors (Lipinski definition) is 2. The van der Waals surface area contributed by atoms with E-state index in [4.69, 9.17) is 9.47 Å². The number of carbonyl (C=O) groups excluding carboxylic acids is 1. The largest absolute Gasteiger partial charge is 0.454 e. The van der Waals surface area contributed by atoms with Crippen molar-refractivity contribution in [1.82, 2.24) is 10.2 Å². The van der Waals surface area contributed by atoms with E-state index in [0.29, 0.717) is 24.5 Å². The van der Waals surface area contributed by atoms with E-state index in [1.807, 2.05) is 18.2 Å². The number of benzene rings is 1. The minimum atomic E-state index is -0.782. The van der Waals surface area contributed by atoms with Gasteiger partial charge in [0.05, 0.1) is 6.04 Å². The quantitative estimate of drug-likeness (QED) is 0.211. The molecular weight excluding hydrogens is 452 g/mol. The van der Waals surface area contributed by atoms with Crippen LogP contribution in [0.4, 0.5) is 0 Å². The lowest BCUT2D eigenvalue weighted by Crippen LogP contribution is -2.46. The fourth-order valence-electron chi connectivity index (χ4n) is 5.38. The number of aliphatic hydroxyl groups is 1. The Morgan fingerprint density at radius 3 is 2.11 bits per heavy atom. The van der Waals surface area contributed by atoms with E-state index >= 15 is 0 Å². The zero-order valence-electron chi connectivity index (χ0n) is 22.6. The summed E-state index contributed by atoms with van der Waals surface area (Å²) in [5.74, 6) is 1.40. The average molecular weight is 503 g/mol. The van der Waals surface area contributed by atoms with Crippen LogP contribution < -0.4 is 14.8 Å². The van der Waals surface area contributed by atoms with Crippen LogP contribution in [0.2, 0.25) is 0 Å². The molecule has 2 aliphatic heterocycles. The Labute approximate surface area is 219 Å². The molecule has 1 amide bonds. The Hall–Kier alpha value is -1.79. The summed E-state index contributed by atoms with van der Waals surface area (Å²) in [7, 11) is 0. The van der Waals surface area contributed by atoms with Gasteiger partial charge in [0.15, 0.2) is 11.5 Å². The number of nitrogens with one attached hydrogen (secondary N) is 1. The van der Waals surface area contributed by atoms with Gasteiger partial charge in [-0.2, -0.15) is 0 Å². The number of aliphatic hydroxyl groups excluding tert-OH is 1. The molecule has 1 aromatic rings. The van der Waals surface area contributed by atoms with E-state index in [2.05, 4.69) is 17.1 Å². The van der Waals surface area contributed by atoms with Gasteiger partial charge in [0.25, 0.3) is 0 Å². The minimum Gasteiger partial charge on any atom is -0.454 e. The minimum absolute atomic E-state index is 0.0436. The van der Waals surface area contributed by atoms with Gasteiger partial charge in [-0.1, -0.05) is 90.0 Å². The molecule has 36 heavy (non-hydrogen) atoms. The Balaban J connectivity index is 1.32. The molecule has 0 spiro atoms. The summed E-state index contributed by atoms with van der Waals surface area (Å²) in [5, 5.41) is 14.3. The first-order chi connectivity index (χ1) is 17.7. The number of hydrogen-bond acceptors (Lipinski definition) is 5. The van der Waals surface area contributed by atoms with E-state index in [1.165, 1.54) is 83.5 Å². The van der Waals surface area contributed by atoms with Gasteiger partial charge in [0.2, 0.25) is 12.7 Å². The standard InChI is InChI=1S/C30H50N2O4/c1-2-3-4-5-6-7-8-9-10-11-12-13-14-17-29(33)31-26(23-32-20-15-16-21-32)30(34)25-18-19-27-28(22-25)36-24-35-27/h18-19,22,26,30,34H,2-17,20-21,23-24H2,1H3,(H,31,33)/t26-,30-/m1/s1. The SMILES string of the molecule is CCCCCCCCCCCCCCCC(=O)N[C@H](CN1CCCC1)[C@H](O)c1ccc2c(c1)OCO2. The van der Waals surface area contributed by atoms with Gasteiger partial charge >= 0.3 is 0 Å². The maximum Gasteiger partial charge on any atom is 0.231 e. The number of rotatable bonds is 19. The summed E-state index contributed by atoms with van der Waals surface area (Å²) in [6, 6.07) is 5.21. The maximum absolute atomic E-state index is 12.8. The molecule has 0 bridgehead atoms. The number of amides is 1. The second kappa shape index (κ2) is 16.9. The van der Waals surface area contributed by atoms with Gasteiger partial charge < -0.3 is 24.8 Å². The highest BCUT2D eigenvalue weighted by Crippen LogP contribution is 2.35. The lowest BCUT2D eigenvalue weighted by atomic mass is 10.0. The van der Waals surface area contributed by atoms with Crippen LogP contribution in [0.25, 0.3) is 0 Å². The molecule has 0 radical (unpaired) electrons. The Morgan fingerprint density at radius 1 is 0.889 bits per heavy atom. The first-order valence-electron chi connectivity index (χ1n) is 14.8. The van der Waals surface area contributed by atoms with Crippen molar-refractivity contribution in [2.75, 3.05) is 26.4 Å². The monoisotopic (exact) mass is 502 g/mol. The molecule has 0 unspecified atom stereocenters. The first-order valence-corrected chi connectivity index (χ1v) is 14.8. The van der Waals surface area contributed by atoms with Crippen molar-refractivity contribution in [3.8, 4) is 11.5 Å². The van der Waals surface area contributed by atoms with E-state index in [-0.39, 0.29) is 18.7 Å². The molecule has 1 aromatic carbocycles. The Bertz CT molecular complexity index is 750. The van der Waals surface area contributed by atoms with Gasteiger partial charge in [-0.05, 0) is 50.0 Å². The summed E-state index contributed by atoms with van der Waals surface area (Å²) >= 11 is 0. The lowest BCUT2D eigenvalue weighted by Gasteiger charge is -2.29. The second-order valence-electron chi connectivity index (χ2n) is 10.7. The van der Waals surface area contributed by atoms with Crippen molar-refractivity contribution in [3.05, 3.63) is 23.8 Å². The highest BCUT2D eigenvalue weighted by molar-refractivity contribution is 5.76. The second-order valence-corrected chi connectivity index (χ2v) is 10.7. The summed E-state index contributed by atoms with van der Waals surface area (Å²) in [6.45, 7) is 5.20. The van der Waals surface area contributed by atoms with Crippen molar-refractivity contribution < 1.29 is 19.4 Å². The normalized spacial score (nSPS) is 16.8. The highest BCUT2D eigenvalue weighted by Gasteiger charge is 2.28. The first kappa shape index (κ1) is 28.8. The van der Waals surface area contributed by atoms with Crippen LogP contribution in [0.3, 0.4) is 0 Å². The maximum atomic E-state index is 12.8. The molecule has 1 fully saturated rings. The summed E-state index contributed by atoms with van der Waals surface area (Å²) in [4.78, 5) is 15.1. The van der Waals surface area contributed by atoms with Crippen molar-refractivity contribution in [1.29, 1.82) is 0 Å². The number of fused-ring (bicyclic) bond motifs is 1. The van der Waals surface area contributed by atoms with Crippen LogP contribution in [0.5, 0.6) is 11.5 Å². The fraction of sp³-hybridized carbons (Fsp3) is 0.767. The van der Waals surface area contributed by atoms with E-state index in [1.54, 1.807) is 0 Å². The molecular formula is C30H50N2O4. The third-order valence-corrected chi connectivity index (χ3v) is 7.63. The van der Waals surface area contributed by atoms with Crippen LogP contribution in [0.1, 0.15) is 121 Å². The van der Waals surface area contributed by atoms with E-state index in [9.17, 15) is 9.90 Å². The topological polar surface area (TPSA) is 71.0 Å². The predicted molar refractivity (Wildman–Crippen MR) is 145 cm³/mol. The molecule has 204 valence electrons.